The van der Waals surface area contributed by atoms with Gasteiger partial charge in [-0.05, 0) is 19.0 Å². The Labute approximate surface area is 97.2 Å². The van der Waals surface area contributed by atoms with Crippen LogP contribution < -0.4 is 5.73 Å². The van der Waals surface area contributed by atoms with Gasteiger partial charge in [-0.25, -0.2) is 0 Å². The molecule has 0 amide bonds. The largest absolute Gasteiger partial charge is 0.380 e. The minimum absolute atomic E-state index is 0.299. The van der Waals surface area contributed by atoms with Crippen molar-refractivity contribution in [2.75, 3.05) is 26.8 Å². The number of hydrogen-bond acceptors (Lipinski definition) is 3. The Hall–Kier alpha value is -0.900. The summed E-state index contributed by atoms with van der Waals surface area (Å²) in [5.41, 5.74) is 7.18. The Morgan fingerprint density at radius 1 is 1.44 bits per heavy atom. The van der Waals surface area contributed by atoms with Gasteiger partial charge < -0.3 is 10.5 Å². The highest BCUT2D eigenvalue weighted by Gasteiger charge is 2.26. The smallest absolute Gasteiger partial charge is 0.0622 e. The second-order valence-electron chi connectivity index (χ2n) is 4.35. The lowest BCUT2D eigenvalue weighted by atomic mass is 10.0. The molecule has 1 fully saturated rings. The lowest BCUT2D eigenvalue weighted by Gasteiger charge is -2.31. The van der Waals surface area contributed by atoms with E-state index in [-0.39, 0.29) is 0 Å². The highest BCUT2D eigenvalue weighted by molar-refractivity contribution is 5.19. The van der Waals surface area contributed by atoms with Gasteiger partial charge >= 0.3 is 0 Å². The van der Waals surface area contributed by atoms with Crippen molar-refractivity contribution in [2.24, 2.45) is 5.73 Å². The van der Waals surface area contributed by atoms with Gasteiger partial charge in [0.2, 0.25) is 0 Å². The number of rotatable bonds is 4. The summed E-state index contributed by atoms with van der Waals surface area (Å²) < 4.78 is 5.43. The van der Waals surface area contributed by atoms with Gasteiger partial charge in [0.15, 0.2) is 0 Å². The Balaban J connectivity index is 2.09. The predicted octanol–water partition coefficient (Wildman–Crippen LogP) is 1.41. The molecule has 0 radical (unpaired) electrons. The number of ether oxygens (including phenoxy) is 1. The van der Waals surface area contributed by atoms with E-state index in [4.69, 9.17) is 10.5 Å². The van der Waals surface area contributed by atoms with E-state index < -0.39 is 0 Å². The molecular weight excluding hydrogens is 200 g/mol. The Bertz CT molecular complexity index is 309. The zero-order valence-electron chi connectivity index (χ0n) is 9.80. The van der Waals surface area contributed by atoms with E-state index in [9.17, 15) is 0 Å². The van der Waals surface area contributed by atoms with Gasteiger partial charge in [-0.1, -0.05) is 30.3 Å². The van der Waals surface area contributed by atoms with Crippen LogP contribution in [0.5, 0.6) is 0 Å². The molecule has 2 rings (SSSR count). The summed E-state index contributed by atoms with van der Waals surface area (Å²) in [7, 11) is 2.14. The normalized spacial score (nSPS) is 22.6. The lowest BCUT2D eigenvalue weighted by molar-refractivity contribution is 0.134. The summed E-state index contributed by atoms with van der Waals surface area (Å²) in [6, 6.07) is 11.3. The molecule has 0 bridgehead atoms. The van der Waals surface area contributed by atoms with E-state index in [1.165, 1.54) is 5.56 Å². The molecule has 1 aromatic rings. The molecule has 0 aromatic heterocycles. The average Bonchev–Trinajstić information content (AvgIpc) is 2.85. The second-order valence-corrected chi connectivity index (χ2v) is 4.35. The number of likely N-dealkylation sites (N-methyl/N-ethyl adjacent to an activating group) is 1. The summed E-state index contributed by atoms with van der Waals surface area (Å²) >= 11 is 0. The molecule has 88 valence electrons. The first-order valence-corrected chi connectivity index (χ1v) is 5.87. The first-order valence-electron chi connectivity index (χ1n) is 5.87. The topological polar surface area (TPSA) is 38.5 Å². The van der Waals surface area contributed by atoms with Gasteiger partial charge in [0.05, 0.1) is 6.61 Å². The van der Waals surface area contributed by atoms with E-state index in [1.807, 2.05) is 6.07 Å². The fourth-order valence-electron chi connectivity index (χ4n) is 2.31. The van der Waals surface area contributed by atoms with Crippen LogP contribution in [0.15, 0.2) is 30.3 Å². The second kappa shape index (κ2) is 5.43. The van der Waals surface area contributed by atoms with Crippen molar-refractivity contribution in [3.8, 4) is 0 Å². The first kappa shape index (κ1) is 11.6. The van der Waals surface area contributed by atoms with Crippen LogP contribution in [0.1, 0.15) is 18.0 Å². The third-order valence-corrected chi connectivity index (χ3v) is 3.38. The molecule has 3 heteroatoms. The molecule has 3 nitrogen and oxygen atoms in total. The van der Waals surface area contributed by atoms with E-state index in [0.29, 0.717) is 18.6 Å². The van der Waals surface area contributed by atoms with Gasteiger partial charge in [0, 0.05) is 25.2 Å². The van der Waals surface area contributed by atoms with Crippen LogP contribution >= 0.6 is 0 Å². The summed E-state index contributed by atoms with van der Waals surface area (Å²) in [4.78, 5) is 2.35. The maximum absolute atomic E-state index is 5.89. The Morgan fingerprint density at radius 2 is 2.19 bits per heavy atom. The molecule has 2 unspecified atom stereocenters. The van der Waals surface area contributed by atoms with Gasteiger partial charge in [-0.3, -0.25) is 4.90 Å². The fraction of sp³-hybridized carbons (Fsp3) is 0.538. The van der Waals surface area contributed by atoms with Crippen molar-refractivity contribution < 1.29 is 4.74 Å². The third kappa shape index (κ3) is 2.43. The van der Waals surface area contributed by atoms with E-state index in [0.717, 1.165) is 19.6 Å². The molecule has 0 aliphatic carbocycles. The Morgan fingerprint density at radius 3 is 2.75 bits per heavy atom. The quantitative estimate of drug-likeness (QED) is 0.833. The van der Waals surface area contributed by atoms with Crippen LogP contribution in [0, 0.1) is 0 Å². The number of hydrogen-bond donors (Lipinski definition) is 1. The molecule has 0 spiro atoms. The van der Waals surface area contributed by atoms with Gasteiger partial charge in [0.1, 0.15) is 0 Å². The van der Waals surface area contributed by atoms with Crippen LogP contribution in [-0.4, -0.2) is 37.7 Å². The molecular formula is C13H20N2O. The standard InChI is InChI=1S/C13H20N2O/c1-15(12-7-8-16-10-12)13(9-14)11-5-3-2-4-6-11/h2-6,12-13H,7-10,14H2,1H3. The minimum atomic E-state index is 0.299. The van der Waals surface area contributed by atoms with Crippen molar-refractivity contribution in [1.82, 2.24) is 4.90 Å². The number of nitrogens with two attached hydrogens (primary N) is 1. The minimum Gasteiger partial charge on any atom is -0.380 e. The fourth-order valence-corrected chi connectivity index (χ4v) is 2.31. The SMILES string of the molecule is CN(C1CCOC1)C(CN)c1ccccc1. The third-order valence-electron chi connectivity index (χ3n) is 3.38. The number of nitrogens with zero attached hydrogens (tertiary/aromatic N) is 1. The van der Waals surface area contributed by atoms with Crippen LogP contribution in [0.25, 0.3) is 0 Å². The molecule has 2 atom stereocenters. The molecule has 16 heavy (non-hydrogen) atoms. The van der Waals surface area contributed by atoms with Crippen LogP contribution in [-0.2, 0) is 4.74 Å². The van der Waals surface area contributed by atoms with Crippen molar-refractivity contribution in [3.05, 3.63) is 35.9 Å². The van der Waals surface area contributed by atoms with E-state index in [1.54, 1.807) is 0 Å². The van der Waals surface area contributed by atoms with Gasteiger partial charge in [0.25, 0.3) is 0 Å². The summed E-state index contributed by atoms with van der Waals surface area (Å²) in [6.45, 7) is 2.36. The molecule has 1 heterocycles. The summed E-state index contributed by atoms with van der Waals surface area (Å²) in [5, 5.41) is 0. The van der Waals surface area contributed by atoms with Crippen molar-refractivity contribution in [1.29, 1.82) is 0 Å². The maximum Gasteiger partial charge on any atom is 0.0622 e. The molecule has 1 aromatic carbocycles. The van der Waals surface area contributed by atoms with Crippen molar-refractivity contribution in [3.63, 3.8) is 0 Å². The van der Waals surface area contributed by atoms with E-state index in [2.05, 4.69) is 36.2 Å². The predicted molar refractivity (Wildman–Crippen MR) is 65.2 cm³/mol. The zero-order chi connectivity index (χ0) is 11.4. The monoisotopic (exact) mass is 220 g/mol. The highest BCUT2D eigenvalue weighted by atomic mass is 16.5. The highest BCUT2D eigenvalue weighted by Crippen LogP contribution is 2.23. The summed E-state index contributed by atoms with van der Waals surface area (Å²) in [5.74, 6) is 0. The van der Waals surface area contributed by atoms with Crippen LogP contribution in [0.3, 0.4) is 0 Å². The molecule has 1 aliphatic rings. The van der Waals surface area contributed by atoms with Gasteiger partial charge in [-0.2, -0.15) is 0 Å². The van der Waals surface area contributed by atoms with Gasteiger partial charge in [-0.15, -0.1) is 0 Å². The van der Waals surface area contributed by atoms with Crippen molar-refractivity contribution in [2.45, 2.75) is 18.5 Å². The maximum atomic E-state index is 5.89. The van der Waals surface area contributed by atoms with E-state index >= 15 is 0 Å². The zero-order valence-corrected chi connectivity index (χ0v) is 9.80. The molecule has 1 aliphatic heterocycles. The molecule has 0 saturated carbocycles. The van der Waals surface area contributed by atoms with Crippen molar-refractivity contribution >= 4 is 0 Å². The first-order chi connectivity index (χ1) is 7.83. The molecule has 1 saturated heterocycles. The average molecular weight is 220 g/mol. The Kier molecular flexibility index (Phi) is 3.93. The van der Waals surface area contributed by atoms with Crippen LogP contribution in [0.4, 0.5) is 0 Å². The summed E-state index contributed by atoms with van der Waals surface area (Å²) in [6.07, 6.45) is 1.11. The number of benzene rings is 1. The molecule has 2 N–H and O–H groups in total. The lowest BCUT2D eigenvalue weighted by Crippen LogP contribution is -2.38. The van der Waals surface area contributed by atoms with Crippen LogP contribution in [0.2, 0.25) is 0 Å².